The molecular formula is C15H28N2O3. The number of carbonyl (C=O) groups excluding carboxylic acids is 1. The van der Waals surface area contributed by atoms with E-state index < -0.39 is 5.97 Å². The van der Waals surface area contributed by atoms with E-state index in [1.807, 2.05) is 0 Å². The van der Waals surface area contributed by atoms with E-state index in [1.165, 1.54) is 19.3 Å². The van der Waals surface area contributed by atoms with Gasteiger partial charge in [0.05, 0.1) is 12.5 Å². The maximum atomic E-state index is 12.0. The van der Waals surface area contributed by atoms with Crippen LogP contribution in [0.4, 0.5) is 0 Å². The molecule has 1 aliphatic rings. The van der Waals surface area contributed by atoms with Crippen molar-refractivity contribution in [2.24, 2.45) is 5.92 Å². The number of carbonyl (C=O) groups is 2. The number of piperidine rings is 1. The number of aliphatic carboxylic acids is 1. The Hall–Kier alpha value is -1.10. The van der Waals surface area contributed by atoms with Gasteiger partial charge in [0.1, 0.15) is 0 Å². The second kappa shape index (κ2) is 8.95. The van der Waals surface area contributed by atoms with Crippen LogP contribution >= 0.6 is 0 Å². The molecule has 5 nitrogen and oxygen atoms in total. The number of carboxylic acids is 1. The van der Waals surface area contributed by atoms with Gasteiger partial charge in [-0.2, -0.15) is 0 Å². The van der Waals surface area contributed by atoms with Crippen molar-refractivity contribution in [3.05, 3.63) is 0 Å². The van der Waals surface area contributed by atoms with Gasteiger partial charge in [-0.25, -0.2) is 0 Å². The lowest BCUT2D eigenvalue weighted by molar-refractivity contribution is -0.145. The van der Waals surface area contributed by atoms with Gasteiger partial charge in [-0.05, 0) is 26.2 Å². The molecule has 2 N–H and O–H groups in total. The Labute approximate surface area is 121 Å². The van der Waals surface area contributed by atoms with Gasteiger partial charge in [0.2, 0.25) is 5.91 Å². The minimum absolute atomic E-state index is 0.0937. The first-order valence-electron chi connectivity index (χ1n) is 7.78. The number of nitrogens with zero attached hydrogens (tertiary/aromatic N) is 1. The van der Waals surface area contributed by atoms with Gasteiger partial charge in [0.15, 0.2) is 0 Å². The first kappa shape index (κ1) is 17.0. The Balaban J connectivity index is 2.18. The second-order valence-corrected chi connectivity index (χ2v) is 5.77. The molecule has 1 rings (SSSR count). The van der Waals surface area contributed by atoms with Gasteiger partial charge in [-0.3, -0.25) is 9.59 Å². The van der Waals surface area contributed by atoms with Crippen molar-refractivity contribution in [2.45, 2.75) is 58.4 Å². The third-order valence-corrected chi connectivity index (χ3v) is 4.04. The first-order chi connectivity index (χ1) is 9.54. The highest BCUT2D eigenvalue weighted by atomic mass is 16.4. The highest BCUT2D eigenvalue weighted by molar-refractivity contribution is 5.79. The maximum absolute atomic E-state index is 12.0. The van der Waals surface area contributed by atoms with Crippen molar-refractivity contribution >= 4 is 11.9 Å². The molecule has 1 aliphatic heterocycles. The van der Waals surface area contributed by atoms with Crippen LogP contribution < -0.4 is 5.32 Å². The molecule has 116 valence electrons. The number of nitrogens with one attached hydrogen (secondary N) is 1. The van der Waals surface area contributed by atoms with E-state index in [2.05, 4.69) is 19.2 Å². The summed E-state index contributed by atoms with van der Waals surface area (Å²) in [5.41, 5.74) is 0. The number of hydrogen-bond acceptors (Lipinski definition) is 3. The van der Waals surface area contributed by atoms with E-state index in [0.29, 0.717) is 38.5 Å². The van der Waals surface area contributed by atoms with E-state index >= 15 is 0 Å². The topological polar surface area (TPSA) is 69.6 Å². The van der Waals surface area contributed by atoms with Crippen LogP contribution in [0, 0.1) is 5.92 Å². The van der Waals surface area contributed by atoms with Crippen molar-refractivity contribution in [2.75, 3.05) is 19.6 Å². The highest BCUT2D eigenvalue weighted by Crippen LogP contribution is 2.17. The summed E-state index contributed by atoms with van der Waals surface area (Å²) in [6, 6.07) is 0.363. The van der Waals surface area contributed by atoms with Crippen LogP contribution in [-0.4, -0.2) is 47.6 Å². The molecule has 1 unspecified atom stereocenters. The fourth-order valence-corrected chi connectivity index (χ4v) is 2.55. The van der Waals surface area contributed by atoms with Gasteiger partial charge >= 0.3 is 5.97 Å². The summed E-state index contributed by atoms with van der Waals surface area (Å²) in [6.07, 6.45) is 5.90. The second-order valence-electron chi connectivity index (χ2n) is 5.77. The van der Waals surface area contributed by atoms with Crippen molar-refractivity contribution in [1.29, 1.82) is 0 Å². The molecule has 1 saturated heterocycles. The zero-order valence-corrected chi connectivity index (χ0v) is 12.7. The quantitative estimate of drug-likeness (QED) is 0.668. The molecule has 1 amide bonds. The van der Waals surface area contributed by atoms with E-state index in [1.54, 1.807) is 4.90 Å². The summed E-state index contributed by atoms with van der Waals surface area (Å²) in [7, 11) is 0. The van der Waals surface area contributed by atoms with Gasteiger partial charge in [-0.1, -0.05) is 26.2 Å². The lowest BCUT2D eigenvalue weighted by atomic mass is 9.97. The monoisotopic (exact) mass is 284 g/mol. The smallest absolute Gasteiger partial charge is 0.306 e. The lowest BCUT2D eigenvalue weighted by Crippen LogP contribution is -2.45. The molecule has 0 spiro atoms. The average Bonchev–Trinajstić information content (AvgIpc) is 2.45. The summed E-state index contributed by atoms with van der Waals surface area (Å²) in [5, 5.41) is 12.2. The molecule has 20 heavy (non-hydrogen) atoms. The molecule has 0 aromatic heterocycles. The van der Waals surface area contributed by atoms with Gasteiger partial charge in [-0.15, -0.1) is 0 Å². The molecule has 1 heterocycles. The molecule has 0 aromatic carbocycles. The van der Waals surface area contributed by atoms with E-state index in [0.717, 1.165) is 6.42 Å². The van der Waals surface area contributed by atoms with E-state index in [9.17, 15) is 9.59 Å². The third-order valence-electron chi connectivity index (χ3n) is 4.04. The third kappa shape index (κ3) is 5.90. The Morgan fingerprint density at radius 3 is 2.50 bits per heavy atom. The zero-order valence-electron chi connectivity index (χ0n) is 12.7. The van der Waals surface area contributed by atoms with Crippen LogP contribution in [0.3, 0.4) is 0 Å². The summed E-state index contributed by atoms with van der Waals surface area (Å²) in [4.78, 5) is 24.7. The van der Waals surface area contributed by atoms with Crippen LogP contribution in [0.5, 0.6) is 0 Å². The van der Waals surface area contributed by atoms with Gasteiger partial charge < -0.3 is 15.3 Å². The average molecular weight is 284 g/mol. The Bertz CT molecular complexity index is 312. The lowest BCUT2D eigenvalue weighted by Gasteiger charge is -2.30. The fourth-order valence-electron chi connectivity index (χ4n) is 2.55. The van der Waals surface area contributed by atoms with Crippen molar-refractivity contribution in [1.82, 2.24) is 10.2 Å². The Kier molecular flexibility index (Phi) is 7.59. The molecule has 5 heteroatoms. The largest absolute Gasteiger partial charge is 0.481 e. The van der Waals surface area contributed by atoms with E-state index in [4.69, 9.17) is 5.11 Å². The predicted molar refractivity (Wildman–Crippen MR) is 78.5 cm³/mol. The van der Waals surface area contributed by atoms with Crippen molar-refractivity contribution < 1.29 is 14.7 Å². The highest BCUT2D eigenvalue weighted by Gasteiger charge is 2.26. The summed E-state index contributed by atoms with van der Waals surface area (Å²) in [6.45, 7) is 5.80. The summed E-state index contributed by atoms with van der Waals surface area (Å²) in [5.74, 6) is -0.920. The maximum Gasteiger partial charge on any atom is 0.306 e. The standard InChI is InChI=1S/C15H28N2O3/c1-3-4-5-6-12(2)16-11-14(18)17-9-7-13(8-10-17)15(19)20/h12-13,16H,3-11H2,1-2H3,(H,19,20). The predicted octanol–water partition coefficient (Wildman–Crippen LogP) is 1.87. The normalized spacial score (nSPS) is 18.0. The molecule has 1 atom stereocenters. The molecule has 0 radical (unpaired) electrons. The van der Waals surface area contributed by atoms with Crippen LogP contribution in [0.2, 0.25) is 0 Å². The minimum atomic E-state index is -0.736. The number of hydrogen-bond donors (Lipinski definition) is 2. The number of rotatable bonds is 8. The Morgan fingerprint density at radius 2 is 1.95 bits per heavy atom. The Morgan fingerprint density at radius 1 is 1.30 bits per heavy atom. The van der Waals surface area contributed by atoms with Crippen LogP contribution in [0.15, 0.2) is 0 Å². The molecule has 1 fully saturated rings. The zero-order chi connectivity index (χ0) is 15.0. The molecule has 0 bridgehead atoms. The van der Waals surface area contributed by atoms with Gasteiger partial charge in [0.25, 0.3) is 0 Å². The van der Waals surface area contributed by atoms with E-state index in [-0.39, 0.29) is 11.8 Å². The van der Waals surface area contributed by atoms with Crippen molar-refractivity contribution in [3.8, 4) is 0 Å². The molecule has 0 aromatic rings. The molecule has 0 aliphatic carbocycles. The summed E-state index contributed by atoms with van der Waals surface area (Å²) < 4.78 is 0. The van der Waals surface area contributed by atoms with Gasteiger partial charge in [0, 0.05) is 19.1 Å². The molecular weight excluding hydrogens is 256 g/mol. The van der Waals surface area contributed by atoms with Crippen LogP contribution in [0.25, 0.3) is 0 Å². The number of carboxylic acid groups (broad SMARTS) is 1. The van der Waals surface area contributed by atoms with Crippen LogP contribution in [0.1, 0.15) is 52.4 Å². The fraction of sp³-hybridized carbons (Fsp3) is 0.867. The molecule has 0 saturated carbocycles. The number of amides is 1. The van der Waals surface area contributed by atoms with Crippen LogP contribution in [-0.2, 0) is 9.59 Å². The minimum Gasteiger partial charge on any atom is -0.481 e. The SMILES string of the molecule is CCCCCC(C)NCC(=O)N1CCC(C(=O)O)CC1. The summed E-state index contributed by atoms with van der Waals surface area (Å²) >= 11 is 0. The number of likely N-dealkylation sites (tertiary alicyclic amines) is 1. The van der Waals surface area contributed by atoms with Crippen molar-refractivity contribution in [3.63, 3.8) is 0 Å². The first-order valence-corrected chi connectivity index (χ1v) is 7.78. The number of unbranched alkanes of at least 4 members (excludes halogenated alkanes) is 2.